The van der Waals surface area contributed by atoms with Crippen molar-refractivity contribution < 1.29 is 4.79 Å². The number of hydrogen-bond acceptors (Lipinski definition) is 4. The predicted octanol–water partition coefficient (Wildman–Crippen LogP) is 2.33. The maximum atomic E-state index is 13.3. The van der Waals surface area contributed by atoms with E-state index in [1.54, 1.807) is 0 Å². The third kappa shape index (κ3) is 2.51. The molecule has 5 nitrogen and oxygen atoms in total. The summed E-state index contributed by atoms with van der Waals surface area (Å²) in [5.41, 5.74) is 0.803. The highest BCUT2D eigenvalue weighted by molar-refractivity contribution is 6.07. The molecule has 3 atom stereocenters. The number of likely N-dealkylation sites (tertiary alicyclic amines) is 1. The number of carbonyl (C=O) groups excluding carboxylic acids is 1. The molecule has 0 radical (unpaired) electrons. The van der Waals surface area contributed by atoms with Gasteiger partial charge >= 0.3 is 0 Å². The van der Waals surface area contributed by atoms with Crippen molar-refractivity contribution in [2.45, 2.75) is 44.7 Å². The number of fused-ring (bicyclic) bond motifs is 2. The van der Waals surface area contributed by atoms with Gasteiger partial charge in [0.05, 0.1) is 0 Å². The molecule has 132 valence electrons. The standard InChI is InChI=1S/C20H26N4O/c1-14-22-20(19(25)24(14)11-15-4-5-15)7-6-17-12-23(13-18(17)20)10-16-3-2-8-21-9-16/h2-3,8-9,15,17-18H,4-7,10-13H2,1H3/t17-,18+,20-/m1/s1. The Morgan fingerprint density at radius 2 is 2.16 bits per heavy atom. The average Bonchev–Trinajstić information content (AvgIpc) is 3.18. The van der Waals surface area contributed by atoms with E-state index in [0.29, 0.717) is 23.7 Å². The molecule has 2 aliphatic heterocycles. The van der Waals surface area contributed by atoms with Gasteiger partial charge in [-0.15, -0.1) is 0 Å². The fourth-order valence-electron chi connectivity index (χ4n) is 5.22. The monoisotopic (exact) mass is 338 g/mol. The molecule has 0 bridgehead atoms. The summed E-state index contributed by atoms with van der Waals surface area (Å²) >= 11 is 0. The van der Waals surface area contributed by atoms with Crippen molar-refractivity contribution >= 4 is 11.7 Å². The van der Waals surface area contributed by atoms with Gasteiger partial charge in [-0.2, -0.15) is 0 Å². The summed E-state index contributed by atoms with van der Waals surface area (Å²) in [5, 5.41) is 0. The van der Waals surface area contributed by atoms with Gasteiger partial charge in [-0.25, -0.2) is 0 Å². The van der Waals surface area contributed by atoms with Gasteiger partial charge in [0.25, 0.3) is 5.91 Å². The highest BCUT2D eigenvalue weighted by Gasteiger charge is 2.60. The summed E-state index contributed by atoms with van der Waals surface area (Å²) in [4.78, 5) is 27.0. The smallest absolute Gasteiger partial charge is 0.256 e. The summed E-state index contributed by atoms with van der Waals surface area (Å²) in [7, 11) is 0. The molecule has 4 aliphatic rings. The SMILES string of the molecule is CC1=N[C@@]2(CC[C@@H]3CN(Cc4cccnc4)C[C@@H]32)C(=O)N1CC1CC1. The Kier molecular flexibility index (Phi) is 3.49. The van der Waals surface area contributed by atoms with E-state index in [2.05, 4.69) is 16.0 Å². The summed E-state index contributed by atoms with van der Waals surface area (Å²) in [6, 6.07) is 4.13. The fourth-order valence-corrected chi connectivity index (χ4v) is 5.22. The van der Waals surface area contributed by atoms with E-state index in [1.807, 2.05) is 30.3 Å². The minimum absolute atomic E-state index is 0.299. The van der Waals surface area contributed by atoms with Crippen LogP contribution in [0, 0.1) is 17.8 Å². The Morgan fingerprint density at radius 3 is 2.92 bits per heavy atom. The van der Waals surface area contributed by atoms with Crippen molar-refractivity contribution in [2.24, 2.45) is 22.7 Å². The molecule has 25 heavy (non-hydrogen) atoms. The van der Waals surface area contributed by atoms with Crippen LogP contribution in [-0.2, 0) is 11.3 Å². The van der Waals surface area contributed by atoms with Crippen LogP contribution in [0.15, 0.2) is 29.5 Å². The number of aliphatic imine (C=N–C) groups is 1. The number of amides is 1. The molecule has 0 unspecified atom stereocenters. The predicted molar refractivity (Wildman–Crippen MR) is 96.0 cm³/mol. The van der Waals surface area contributed by atoms with Crippen LogP contribution in [0.25, 0.3) is 0 Å². The number of pyridine rings is 1. The fraction of sp³-hybridized carbons (Fsp3) is 0.650. The molecule has 1 saturated heterocycles. The Balaban J connectivity index is 1.34. The van der Waals surface area contributed by atoms with Crippen molar-refractivity contribution in [1.82, 2.24) is 14.8 Å². The van der Waals surface area contributed by atoms with Gasteiger partial charge in [-0.3, -0.25) is 24.6 Å². The second kappa shape index (κ2) is 5.63. The lowest BCUT2D eigenvalue weighted by molar-refractivity contribution is -0.132. The van der Waals surface area contributed by atoms with E-state index in [-0.39, 0.29) is 0 Å². The van der Waals surface area contributed by atoms with Crippen LogP contribution in [0.4, 0.5) is 0 Å². The van der Waals surface area contributed by atoms with E-state index in [4.69, 9.17) is 4.99 Å². The molecule has 3 heterocycles. The van der Waals surface area contributed by atoms with Crippen LogP contribution < -0.4 is 0 Å². The lowest BCUT2D eigenvalue weighted by Crippen LogP contribution is -2.47. The van der Waals surface area contributed by atoms with Crippen LogP contribution in [0.5, 0.6) is 0 Å². The normalized spacial score (nSPS) is 34.8. The Labute approximate surface area is 149 Å². The molecular weight excluding hydrogens is 312 g/mol. The highest BCUT2D eigenvalue weighted by Crippen LogP contribution is 2.50. The summed E-state index contributed by atoms with van der Waals surface area (Å²) in [6.45, 7) is 5.93. The van der Waals surface area contributed by atoms with Crippen molar-refractivity contribution in [3.8, 4) is 0 Å². The summed E-state index contributed by atoms with van der Waals surface area (Å²) < 4.78 is 0. The van der Waals surface area contributed by atoms with Crippen molar-refractivity contribution in [1.29, 1.82) is 0 Å². The molecule has 1 aromatic rings. The zero-order valence-electron chi connectivity index (χ0n) is 14.9. The third-order valence-corrected chi connectivity index (χ3v) is 6.66. The Morgan fingerprint density at radius 1 is 1.28 bits per heavy atom. The Hall–Kier alpha value is -1.75. The zero-order chi connectivity index (χ0) is 17.0. The van der Waals surface area contributed by atoms with Crippen molar-refractivity contribution in [2.75, 3.05) is 19.6 Å². The number of amidine groups is 1. The zero-order valence-corrected chi connectivity index (χ0v) is 14.9. The van der Waals surface area contributed by atoms with E-state index in [0.717, 1.165) is 44.9 Å². The highest BCUT2D eigenvalue weighted by atomic mass is 16.2. The third-order valence-electron chi connectivity index (χ3n) is 6.66. The van der Waals surface area contributed by atoms with E-state index >= 15 is 0 Å². The first-order valence-corrected chi connectivity index (χ1v) is 9.65. The minimum atomic E-state index is -0.451. The van der Waals surface area contributed by atoms with Gasteiger partial charge in [0.15, 0.2) is 0 Å². The molecule has 1 amide bonds. The molecule has 1 aromatic heterocycles. The molecule has 2 saturated carbocycles. The molecular formula is C20H26N4O. The van der Waals surface area contributed by atoms with Gasteiger partial charge in [0.1, 0.15) is 11.4 Å². The molecule has 0 aromatic carbocycles. The first kappa shape index (κ1) is 15.5. The lowest BCUT2D eigenvalue weighted by atomic mass is 9.85. The van der Waals surface area contributed by atoms with E-state index in [9.17, 15) is 4.79 Å². The number of aromatic nitrogens is 1. The molecule has 3 fully saturated rings. The quantitative estimate of drug-likeness (QED) is 0.847. The van der Waals surface area contributed by atoms with Crippen LogP contribution in [0.3, 0.4) is 0 Å². The van der Waals surface area contributed by atoms with Gasteiger partial charge in [-0.05, 0) is 56.1 Å². The topological polar surface area (TPSA) is 48.8 Å². The molecule has 5 heteroatoms. The van der Waals surface area contributed by atoms with E-state index < -0.39 is 5.54 Å². The van der Waals surface area contributed by atoms with Crippen molar-refractivity contribution in [3.63, 3.8) is 0 Å². The van der Waals surface area contributed by atoms with Gasteiger partial charge < -0.3 is 0 Å². The number of carbonyl (C=O) groups is 1. The van der Waals surface area contributed by atoms with Gasteiger partial charge in [-0.1, -0.05) is 6.07 Å². The second-order valence-electron chi connectivity index (χ2n) is 8.40. The van der Waals surface area contributed by atoms with Crippen molar-refractivity contribution in [3.05, 3.63) is 30.1 Å². The van der Waals surface area contributed by atoms with Crippen LogP contribution >= 0.6 is 0 Å². The number of nitrogens with zero attached hydrogens (tertiary/aromatic N) is 4. The van der Waals surface area contributed by atoms with Gasteiger partial charge in [0, 0.05) is 44.5 Å². The second-order valence-corrected chi connectivity index (χ2v) is 8.40. The van der Waals surface area contributed by atoms with Crippen LogP contribution in [-0.4, -0.2) is 51.7 Å². The summed E-state index contributed by atoms with van der Waals surface area (Å²) in [5.74, 6) is 2.97. The molecule has 5 rings (SSSR count). The molecule has 1 spiro atoms. The number of rotatable bonds is 4. The van der Waals surface area contributed by atoms with E-state index in [1.165, 1.54) is 18.4 Å². The molecule has 0 N–H and O–H groups in total. The Bertz CT molecular complexity index is 714. The lowest BCUT2D eigenvalue weighted by Gasteiger charge is -2.28. The first-order valence-electron chi connectivity index (χ1n) is 9.65. The number of hydrogen-bond donors (Lipinski definition) is 0. The van der Waals surface area contributed by atoms with Crippen LogP contribution in [0.2, 0.25) is 0 Å². The first-order chi connectivity index (χ1) is 12.2. The molecule has 2 aliphatic carbocycles. The largest absolute Gasteiger partial charge is 0.298 e. The maximum Gasteiger partial charge on any atom is 0.256 e. The maximum absolute atomic E-state index is 13.3. The minimum Gasteiger partial charge on any atom is -0.298 e. The average molecular weight is 338 g/mol. The summed E-state index contributed by atoms with van der Waals surface area (Å²) in [6.07, 6.45) is 8.39. The van der Waals surface area contributed by atoms with Crippen LogP contribution in [0.1, 0.15) is 38.2 Å². The van der Waals surface area contributed by atoms with Gasteiger partial charge in [0.2, 0.25) is 0 Å².